The van der Waals surface area contributed by atoms with Crippen molar-refractivity contribution in [2.24, 2.45) is 4.99 Å². The fourth-order valence-electron chi connectivity index (χ4n) is 4.73. The third kappa shape index (κ3) is 5.02. The highest BCUT2D eigenvalue weighted by Gasteiger charge is 2.30. The lowest BCUT2D eigenvalue weighted by Crippen LogP contribution is -2.31. The van der Waals surface area contributed by atoms with Crippen LogP contribution in [0.4, 0.5) is 23.7 Å². The summed E-state index contributed by atoms with van der Waals surface area (Å²) in [5.74, 6) is 0. The molecule has 196 valence electrons. The molecule has 0 saturated carbocycles. The number of carbonyl (C=O) groups excluding carboxylic acids is 1. The Morgan fingerprint density at radius 1 is 0.949 bits per heavy atom. The number of halogens is 3. The van der Waals surface area contributed by atoms with Gasteiger partial charge in [0.1, 0.15) is 6.54 Å². The lowest BCUT2D eigenvalue weighted by molar-refractivity contribution is -0.143. The van der Waals surface area contributed by atoms with Crippen LogP contribution in [0.25, 0.3) is 22.4 Å². The van der Waals surface area contributed by atoms with Crippen molar-refractivity contribution >= 4 is 17.9 Å². The van der Waals surface area contributed by atoms with Crippen molar-refractivity contribution in [1.82, 2.24) is 19.7 Å². The van der Waals surface area contributed by atoms with Crippen molar-refractivity contribution in [3.8, 4) is 22.4 Å². The topological polar surface area (TPSA) is 92.5 Å². The molecule has 2 amide bonds. The number of aromatic nitrogens is 3. The van der Waals surface area contributed by atoms with Gasteiger partial charge in [-0.2, -0.15) is 18.3 Å². The Morgan fingerprint density at radius 3 is 2.49 bits per heavy atom. The molecular weight excluding hydrogens is 509 g/mol. The number of nitrogens with one attached hydrogen (secondary N) is 1. The maximum Gasteiger partial charge on any atom is 0.408 e. The molecule has 11 heteroatoms. The zero-order valence-electron chi connectivity index (χ0n) is 20.4. The van der Waals surface area contributed by atoms with Crippen LogP contribution < -0.4 is 10.9 Å². The number of fused-ring (bicyclic) bond motifs is 2. The van der Waals surface area contributed by atoms with E-state index < -0.39 is 18.3 Å². The van der Waals surface area contributed by atoms with Gasteiger partial charge in [-0.1, -0.05) is 24.3 Å². The first-order valence-electron chi connectivity index (χ1n) is 12.1. The van der Waals surface area contributed by atoms with Gasteiger partial charge in [0.25, 0.3) is 5.56 Å². The Bertz CT molecular complexity index is 1650. The largest absolute Gasteiger partial charge is 0.408 e. The predicted octanol–water partition coefficient (Wildman–Crippen LogP) is 5.01. The summed E-state index contributed by atoms with van der Waals surface area (Å²) in [7, 11) is 0. The van der Waals surface area contributed by atoms with E-state index in [-0.39, 0.29) is 17.3 Å². The number of aliphatic imine (C=N–C) groups is 1. The Hall–Kier alpha value is -4.80. The van der Waals surface area contributed by atoms with Crippen molar-refractivity contribution in [2.75, 3.05) is 5.32 Å². The number of hydrogen-bond acceptors (Lipinski definition) is 5. The molecule has 39 heavy (non-hydrogen) atoms. The maximum absolute atomic E-state index is 13.3. The summed E-state index contributed by atoms with van der Waals surface area (Å²) in [6.07, 6.45) is 0.485. The normalized spacial score (nSPS) is 13.9. The highest BCUT2D eigenvalue weighted by Crippen LogP contribution is 2.28. The van der Waals surface area contributed by atoms with E-state index in [9.17, 15) is 22.8 Å². The van der Waals surface area contributed by atoms with Crippen LogP contribution in [0, 0.1) is 0 Å². The zero-order chi connectivity index (χ0) is 27.1. The number of alkyl halides is 3. The maximum atomic E-state index is 13.3. The number of pyridine rings is 1. The number of urea groups is 1. The molecule has 2 aliphatic heterocycles. The van der Waals surface area contributed by atoms with Gasteiger partial charge in [0.15, 0.2) is 0 Å². The van der Waals surface area contributed by atoms with Gasteiger partial charge in [-0.3, -0.25) is 14.8 Å². The van der Waals surface area contributed by atoms with Crippen molar-refractivity contribution in [3.05, 3.63) is 99.6 Å². The summed E-state index contributed by atoms with van der Waals surface area (Å²) in [6, 6.07) is 14.9. The van der Waals surface area contributed by atoms with Gasteiger partial charge < -0.3 is 10.2 Å². The summed E-state index contributed by atoms with van der Waals surface area (Å²) in [5, 5.41) is 6.86. The minimum atomic E-state index is -4.63. The molecule has 0 radical (unpaired) electrons. The molecule has 0 fully saturated rings. The van der Waals surface area contributed by atoms with Gasteiger partial charge >= 0.3 is 12.2 Å². The van der Waals surface area contributed by atoms with E-state index in [1.807, 2.05) is 12.1 Å². The number of hydrogen-bond donors (Lipinski definition) is 1. The van der Waals surface area contributed by atoms with E-state index in [0.717, 1.165) is 22.3 Å². The Balaban J connectivity index is 1.28. The summed E-state index contributed by atoms with van der Waals surface area (Å²) >= 11 is 0. The second-order valence-electron chi connectivity index (χ2n) is 9.41. The second-order valence-corrected chi connectivity index (χ2v) is 9.41. The Kier molecular flexibility index (Phi) is 5.97. The van der Waals surface area contributed by atoms with Crippen LogP contribution in [0.15, 0.2) is 76.8 Å². The van der Waals surface area contributed by atoms with Crippen LogP contribution in [-0.4, -0.2) is 38.1 Å². The van der Waals surface area contributed by atoms with Crippen LogP contribution in [0.2, 0.25) is 0 Å². The van der Waals surface area contributed by atoms with E-state index >= 15 is 0 Å². The molecule has 0 bridgehead atoms. The summed E-state index contributed by atoms with van der Waals surface area (Å²) < 4.78 is 40.3. The highest BCUT2D eigenvalue weighted by molar-refractivity contribution is 5.90. The van der Waals surface area contributed by atoms with Gasteiger partial charge in [0.05, 0.1) is 17.8 Å². The molecule has 4 heterocycles. The quantitative estimate of drug-likeness (QED) is 0.401. The lowest BCUT2D eigenvalue weighted by atomic mass is 10.00. The number of nitrogens with zero attached hydrogens (tertiary/aromatic N) is 5. The van der Waals surface area contributed by atoms with Crippen LogP contribution >= 0.6 is 0 Å². The molecule has 0 aliphatic carbocycles. The average molecular weight is 531 g/mol. The second kappa shape index (κ2) is 9.50. The highest BCUT2D eigenvalue weighted by atomic mass is 19.4. The molecule has 0 spiro atoms. The molecule has 0 saturated heterocycles. The van der Waals surface area contributed by atoms with Crippen molar-refractivity contribution in [1.29, 1.82) is 0 Å². The number of benzene rings is 2. The molecule has 6 rings (SSSR count). The smallest absolute Gasteiger partial charge is 0.316 e. The summed E-state index contributed by atoms with van der Waals surface area (Å²) in [6.45, 7) is -0.0554. The van der Waals surface area contributed by atoms with Crippen LogP contribution in [0.1, 0.15) is 22.3 Å². The Morgan fingerprint density at radius 2 is 1.72 bits per heavy atom. The standard InChI is InChI=1S/C28H21F3N6O2/c29-28(30,31)16-37-26(38)24(18-1-2-19-11-33-12-21(19)9-18)10-25(35-37)17-3-5-23(6-4-17)34-27(39)36-14-20-7-8-32-13-22(20)15-36/h1-10,12-13H,11,14-16H2,(H,34,39). The molecular formula is C28H21F3N6O2. The van der Waals surface area contributed by atoms with Gasteiger partial charge in [-0.05, 0) is 58.1 Å². The molecule has 0 atom stereocenters. The first-order chi connectivity index (χ1) is 18.7. The minimum absolute atomic E-state index is 0.104. The number of carbonyl (C=O) groups is 1. The molecule has 0 unspecified atom stereocenters. The Labute approximate surface area is 220 Å². The fourth-order valence-corrected chi connectivity index (χ4v) is 4.73. The number of anilines is 1. The van der Waals surface area contributed by atoms with Crippen molar-refractivity contribution in [3.63, 3.8) is 0 Å². The third-order valence-electron chi connectivity index (χ3n) is 6.70. The predicted molar refractivity (Wildman–Crippen MR) is 139 cm³/mol. The molecule has 8 nitrogen and oxygen atoms in total. The van der Waals surface area contributed by atoms with Crippen LogP contribution in [0.5, 0.6) is 0 Å². The summed E-state index contributed by atoms with van der Waals surface area (Å²) in [4.78, 5) is 35.7. The van der Waals surface area contributed by atoms with E-state index in [1.165, 1.54) is 6.07 Å². The lowest BCUT2D eigenvalue weighted by Gasteiger charge is -2.17. The number of amides is 2. The third-order valence-corrected chi connectivity index (χ3v) is 6.70. The van der Waals surface area contributed by atoms with Crippen molar-refractivity contribution in [2.45, 2.75) is 32.4 Å². The molecule has 2 aromatic heterocycles. The van der Waals surface area contributed by atoms with Gasteiger partial charge in [0, 0.05) is 42.9 Å². The minimum Gasteiger partial charge on any atom is -0.316 e. The molecule has 1 N–H and O–H groups in total. The first-order valence-corrected chi connectivity index (χ1v) is 12.1. The molecule has 4 aromatic rings. The molecule has 2 aromatic carbocycles. The van der Waals surface area contributed by atoms with Crippen LogP contribution in [-0.2, 0) is 26.2 Å². The van der Waals surface area contributed by atoms with E-state index in [4.69, 9.17) is 0 Å². The van der Waals surface area contributed by atoms with Gasteiger partial charge in [-0.25, -0.2) is 9.48 Å². The van der Waals surface area contributed by atoms with Crippen LogP contribution in [0.3, 0.4) is 0 Å². The van der Waals surface area contributed by atoms with Gasteiger partial charge in [0.2, 0.25) is 0 Å². The van der Waals surface area contributed by atoms with E-state index in [0.29, 0.717) is 41.1 Å². The van der Waals surface area contributed by atoms with Crippen molar-refractivity contribution < 1.29 is 18.0 Å². The zero-order valence-corrected chi connectivity index (χ0v) is 20.4. The number of rotatable bonds is 4. The monoisotopic (exact) mass is 530 g/mol. The SMILES string of the molecule is O=C(Nc1ccc(-c2cc(-c3ccc4c(c3)C=NC4)c(=O)n(CC(F)(F)F)n2)cc1)N1Cc2ccncc2C1. The first kappa shape index (κ1) is 24.5. The van der Waals surface area contributed by atoms with Gasteiger partial charge in [-0.15, -0.1) is 0 Å². The van der Waals surface area contributed by atoms with E-state index in [1.54, 1.807) is 59.9 Å². The fraction of sp³-hybridized carbons (Fsp3) is 0.179. The average Bonchev–Trinajstić information content (AvgIpc) is 3.56. The molecule has 2 aliphatic rings. The summed E-state index contributed by atoms with van der Waals surface area (Å²) in [5.41, 5.74) is 4.80. The van der Waals surface area contributed by atoms with E-state index in [2.05, 4.69) is 20.4 Å².